The van der Waals surface area contributed by atoms with Crippen molar-refractivity contribution in [3.8, 4) is 0 Å². The minimum Gasteiger partial charge on any atom is -0.394 e. The fourth-order valence-corrected chi connectivity index (χ4v) is 1.12. The van der Waals surface area contributed by atoms with E-state index in [1.807, 2.05) is 0 Å². The van der Waals surface area contributed by atoms with Gasteiger partial charge in [0.2, 0.25) is 0 Å². The summed E-state index contributed by atoms with van der Waals surface area (Å²) in [5, 5.41) is 8.86. The van der Waals surface area contributed by atoms with E-state index in [0.717, 1.165) is 6.61 Å². The molecule has 3 nitrogen and oxygen atoms in total. The van der Waals surface area contributed by atoms with Crippen LogP contribution in [0.3, 0.4) is 0 Å². The molecular formula is C10H23NO2. The van der Waals surface area contributed by atoms with Crippen LogP contribution >= 0.6 is 0 Å². The molecule has 0 heterocycles. The van der Waals surface area contributed by atoms with Crippen LogP contribution in [0.25, 0.3) is 0 Å². The lowest BCUT2D eigenvalue weighted by Crippen LogP contribution is -2.45. The highest BCUT2D eigenvalue weighted by Crippen LogP contribution is 2.06. The molecular weight excluding hydrogens is 166 g/mol. The van der Waals surface area contributed by atoms with Gasteiger partial charge in [0.25, 0.3) is 0 Å². The van der Waals surface area contributed by atoms with Gasteiger partial charge in [-0.2, -0.15) is 0 Å². The van der Waals surface area contributed by atoms with Crippen molar-refractivity contribution >= 4 is 0 Å². The van der Waals surface area contributed by atoms with E-state index in [1.54, 1.807) is 6.92 Å². The van der Waals surface area contributed by atoms with Crippen LogP contribution in [0.4, 0.5) is 0 Å². The van der Waals surface area contributed by atoms with E-state index in [0.29, 0.717) is 12.5 Å². The quantitative estimate of drug-likeness (QED) is 0.631. The highest BCUT2D eigenvalue weighted by Gasteiger charge is 2.17. The summed E-state index contributed by atoms with van der Waals surface area (Å²) < 4.78 is 5.42. The molecule has 0 aliphatic heterocycles. The number of aliphatic hydroxyl groups excluding tert-OH is 1. The third kappa shape index (κ3) is 6.99. The molecule has 3 heteroatoms. The maximum Gasteiger partial charge on any atom is 0.0666 e. The fraction of sp³-hybridized carbons (Fsp3) is 1.00. The van der Waals surface area contributed by atoms with Crippen LogP contribution in [0.2, 0.25) is 0 Å². The van der Waals surface area contributed by atoms with Gasteiger partial charge in [0.15, 0.2) is 0 Å². The molecule has 80 valence electrons. The zero-order valence-corrected chi connectivity index (χ0v) is 9.05. The van der Waals surface area contributed by atoms with Crippen molar-refractivity contribution < 1.29 is 9.84 Å². The first-order valence-corrected chi connectivity index (χ1v) is 4.99. The predicted molar refractivity (Wildman–Crippen MR) is 54.6 cm³/mol. The minimum atomic E-state index is -0.591. The van der Waals surface area contributed by atoms with Gasteiger partial charge < -0.3 is 15.6 Å². The third-order valence-corrected chi connectivity index (χ3v) is 1.98. The molecule has 0 aromatic heterocycles. The molecule has 0 fully saturated rings. The average molecular weight is 189 g/mol. The summed E-state index contributed by atoms with van der Waals surface area (Å²) in [5.41, 5.74) is 5.11. The summed E-state index contributed by atoms with van der Waals surface area (Å²) in [5.74, 6) is 0.583. The van der Waals surface area contributed by atoms with Gasteiger partial charge in [0, 0.05) is 6.61 Å². The SMILES string of the molecule is CCCC(C)COCC(C)(N)CO. The number of ether oxygens (including phenoxy) is 1. The second kappa shape index (κ2) is 6.35. The zero-order chi connectivity index (χ0) is 10.3. The van der Waals surface area contributed by atoms with Crippen molar-refractivity contribution in [3.63, 3.8) is 0 Å². The summed E-state index contributed by atoms with van der Waals surface area (Å²) in [6, 6.07) is 0. The molecule has 0 spiro atoms. The molecule has 0 aromatic carbocycles. The van der Waals surface area contributed by atoms with Crippen molar-refractivity contribution in [3.05, 3.63) is 0 Å². The molecule has 13 heavy (non-hydrogen) atoms. The first-order valence-electron chi connectivity index (χ1n) is 4.99. The Hall–Kier alpha value is -0.120. The highest BCUT2D eigenvalue weighted by molar-refractivity contribution is 4.76. The Bertz CT molecular complexity index is 126. The molecule has 2 atom stereocenters. The van der Waals surface area contributed by atoms with Gasteiger partial charge in [-0.15, -0.1) is 0 Å². The van der Waals surface area contributed by atoms with Gasteiger partial charge in [-0.25, -0.2) is 0 Å². The summed E-state index contributed by atoms with van der Waals surface area (Å²) >= 11 is 0. The van der Waals surface area contributed by atoms with E-state index in [9.17, 15) is 0 Å². The average Bonchev–Trinajstić information content (AvgIpc) is 2.05. The Morgan fingerprint density at radius 1 is 1.54 bits per heavy atom. The second-order valence-electron chi connectivity index (χ2n) is 4.22. The summed E-state index contributed by atoms with van der Waals surface area (Å²) in [7, 11) is 0. The van der Waals surface area contributed by atoms with Gasteiger partial charge >= 0.3 is 0 Å². The van der Waals surface area contributed by atoms with Gasteiger partial charge in [0.1, 0.15) is 0 Å². The van der Waals surface area contributed by atoms with Crippen LogP contribution < -0.4 is 5.73 Å². The maximum atomic E-state index is 8.86. The normalized spacial score (nSPS) is 18.2. The first-order chi connectivity index (χ1) is 6.02. The predicted octanol–water partition coefficient (Wildman–Crippen LogP) is 1.15. The van der Waals surface area contributed by atoms with Crippen molar-refractivity contribution in [1.82, 2.24) is 0 Å². The van der Waals surface area contributed by atoms with Crippen molar-refractivity contribution in [2.45, 2.75) is 39.2 Å². The summed E-state index contributed by atoms with van der Waals surface area (Å²) in [6.45, 7) is 7.25. The lowest BCUT2D eigenvalue weighted by molar-refractivity contribution is 0.0449. The Labute approximate surface area is 81.3 Å². The van der Waals surface area contributed by atoms with Crippen LogP contribution in [-0.2, 0) is 4.74 Å². The summed E-state index contributed by atoms with van der Waals surface area (Å²) in [6.07, 6.45) is 2.37. The van der Waals surface area contributed by atoms with E-state index in [2.05, 4.69) is 13.8 Å². The maximum absolute atomic E-state index is 8.86. The lowest BCUT2D eigenvalue weighted by Gasteiger charge is -2.22. The fourth-order valence-electron chi connectivity index (χ4n) is 1.12. The third-order valence-electron chi connectivity index (χ3n) is 1.98. The molecule has 0 aromatic rings. The minimum absolute atomic E-state index is 0.0326. The molecule has 0 rings (SSSR count). The van der Waals surface area contributed by atoms with Crippen LogP contribution in [0.15, 0.2) is 0 Å². The van der Waals surface area contributed by atoms with Crippen LogP contribution in [0, 0.1) is 5.92 Å². The number of hydrogen-bond acceptors (Lipinski definition) is 3. The Balaban J connectivity index is 3.44. The topological polar surface area (TPSA) is 55.5 Å². The number of rotatable bonds is 7. The largest absolute Gasteiger partial charge is 0.394 e. The standard InChI is InChI=1S/C10H23NO2/c1-4-5-9(2)6-13-8-10(3,11)7-12/h9,12H,4-8,11H2,1-3H3. The highest BCUT2D eigenvalue weighted by atomic mass is 16.5. The molecule has 3 N–H and O–H groups in total. The van der Waals surface area contributed by atoms with Crippen LogP contribution in [0.1, 0.15) is 33.6 Å². The van der Waals surface area contributed by atoms with Crippen LogP contribution in [-0.4, -0.2) is 30.5 Å². The molecule has 0 bridgehead atoms. The zero-order valence-electron chi connectivity index (χ0n) is 9.05. The summed E-state index contributed by atoms with van der Waals surface area (Å²) in [4.78, 5) is 0. The molecule has 0 amide bonds. The van der Waals surface area contributed by atoms with Crippen molar-refractivity contribution in [1.29, 1.82) is 0 Å². The van der Waals surface area contributed by atoms with Gasteiger partial charge in [-0.3, -0.25) is 0 Å². The number of hydrogen-bond donors (Lipinski definition) is 2. The Morgan fingerprint density at radius 3 is 2.62 bits per heavy atom. The van der Waals surface area contributed by atoms with Gasteiger partial charge in [0.05, 0.1) is 18.8 Å². The smallest absolute Gasteiger partial charge is 0.0666 e. The first kappa shape index (κ1) is 12.9. The molecule has 0 saturated heterocycles. The number of aliphatic hydroxyl groups is 1. The Morgan fingerprint density at radius 2 is 2.15 bits per heavy atom. The van der Waals surface area contributed by atoms with E-state index in [1.165, 1.54) is 12.8 Å². The molecule has 0 aliphatic rings. The van der Waals surface area contributed by atoms with Crippen LogP contribution in [0.5, 0.6) is 0 Å². The van der Waals surface area contributed by atoms with E-state index in [-0.39, 0.29) is 6.61 Å². The number of nitrogens with two attached hydrogens (primary N) is 1. The molecule has 0 radical (unpaired) electrons. The second-order valence-corrected chi connectivity index (χ2v) is 4.22. The van der Waals surface area contributed by atoms with Gasteiger partial charge in [-0.1, -0.05) is 20.3 Å². The van der Waals surface area contributed by atoms with E-state index in [4.69, 9.17) is 15.6 Å². The lowest BCUT2D eigenvalue weighted by atomic mass is 10.1. The van der Waals surface area contributed by atoms with E-state index >= 15 is 0 Å². The Kier molecular flexibility index (Phi) is 6.29. The molecule has 0 aliphatic carbocycles. The monoisotopic (exact) mass is 189 g/mol. The molecule has 2 unspecified atom stereocenters. The van der Waals surface area contributed by atoms with Crippen molar-refractivity contribution in [2.24, 2.45) is 11.7 Å². The van der Waals surface area contributed by atoms with Gasteiger partial charge in [-0.05, 0) is 19.3 Å². The molecule has 0 saturated carbocycles. The van der Waals surface area contributed by atoms with Crippen molar-refractivity contribution in [2.75, 3.05) is 19.8 Å². The van der Waals surface area contributed by atoms with E-state index < -0.39 is 5.54 Å².